The first kappa shape index (κ1) is 16.8. The van der Waals surface area contributed by atoms with Crippen molar-refractivity contribution in [3.63, 3.8) is 0 Å². The highest BCUT2D eigenvalue weighted by molar-refractivity contribution is 5.91. The first-order valence-electron chi connectivity index (χ1n) is 6.48. The van der Waals surface area contributed by atoms with Crippen molar-refractivity contribution in [2.75, 3.05) is 0 Å². The van der Waals surface area contributed by atoms with Gasteiger partial charge in [-0.3, -0.25) is 9.48 Å². The molecule has 6 nitrogen and oxygen atoms in total. The Morgan fingerprint density at radius 1 is 1.35 bits per heavy atom. The molecule has 23 heavy (non-hydrogen) atoms. The number of halogens is 3. The predicted molar refractivity (Wildman–Crippen MR) is 71.6 cm³/mol. The second kappa shape index (κ2) is 5.25. The summed E-state index contributed by atoms with van der Waals surface area (Å²) < 4.78 is 39.3. The summed E-state index contributed by atoms with van der Waals surface area (Å²) in [6.07, 6.45) is -1.06. The molecule has 1 aromatic heterocycles. The summed E-state index contributed by atoms with van der Waals surface area (Å²) in [5.74, 6) is -2.79. The highest BCUT2D eigenvalue weighted by Gasteiger charge is 2.48. The maximum atomic E-state index is 12.8. The summed E-state index contributed by atoms with van der Waals surface area (Å²) in [4.78, 5) is 23.0. The monoisotopic (exact) mass is 330 g/mol. The lowest BCUT2D eigenvalue weighted by Crippen LogP contribution is -2.40. The van der Waals surface area contributed by atoms with Crippen LogP contribution in [0.3, 0.4) is 0 Å². The highest BCUT2D eigenvalue weighted by atomic mass is 19.4. The Hall–Kier alpha value is -2.58. The first-order chi connectivity index (χ1) is 10.5. The molecule has 0 fully saturated rings. The molecule has 1 aromatic rings. The van der Waals surface area contributed by atoms with E-state index in [9.17, 15) is 33.0 Å². The highest BCUT2D eigenvalue weighted by Crippen LogP contribution is 2.43. The average Bonchev–Trinajstić information content (AvgIpc) is 2.80. The fraction of sp³-hybridized carbons (Fsp3) is 0.357. The molecule has 0 radical (unpaired) electrons. The zero-order valence-electron chi connectivity index (χ0n) is 12.1. The lowest BCUT2D eigenvalue weighted by Gasteiger charge is -2.34. The van der Waals surface area contributed by atoms with E-state index in [1.165, 1.54) is 26.0 Å². The third kappa shape index (κ3) is 2.73. The van der Waals surface area contributed by atoms with Crippen LogP contribution >= 0.6 is 0 Å². The van der Waals surface area contributed by atoms with Crippen LogP contribution in [0.5, 0.6) is 0 Å². The van der Waals surface area contributed by atoms with Gasteiger partial charge in [0.25, 0.3) is 0 Å². The topological polar surface area (TPSA) is 92.4 Å². The van der Waals surface area contributed by atoms with Gasteiger partial charge in [-0.1, -0.05) is 12.2 Å². The average molecular weight is 330 g/mol. The molecule has 0 amide bonds. The third-order valence-corrected chi connectivity index (χ3v) is 3.75. The van der Waals surface area contributed by atoms with Crippen LogP contribution in [-0.4, -0.2) is 31.9 Å². The number of aromatic nitrogens is 2. The second-order valence-electron chi connectivity index (χ2n) is 5.39. The van der Waals surface area contributed by atoms with E-state index in [-0.39, 0.29) is 11.3 Å². The summed E-state index contributed by atoms with van der Waals surface area (Å²) in [6, 6.07) is -0.654. The molecular weight excluding hydrogens is 317 g/mol. The minimum Gasteiger partial charge on any atom is -0.481 e. The summed E-state index contributed by atoms with van der Waals surface area (Å²) in [5, 5.41) is 22.1. The molecule has 9 heteroatoms. The Morgan fingerprint density at radius 3 is 2.39 bits per heavy atom. The smallest absolute Gasteiger partial charge is 0.435 e. The van der Waals surface area contributed by atoms with Crippen LogP contribution < -0.4 is 0 Å². The maximum Gasteiger partial charge on any atom is 0.435 e. The normalized spacial score (nSPS) is 24.4. The Labute approximate surface area is 128 Å². The number of hydrogen-bond acceptors (Lipinski definition) is 3. The molecule has 1 heterocycles. The van der Waals surface area contributed by atoms with Crippen LogP contribution in [0, 0.1) is 12.3 Å². The number of carboxylic acids is 2. The molecule has 2 unspecified atom stereocenters. The van der Waals surface area contributed by atoms with E-state index >= 15 is 0 Å². The molecule has 0 saturated carbocycles. The van der Waals surface area contributed by atoms with Crippen molar-refractivity contribution in [1.82, 2.24) is 9.78 Å². The van der Waals surface area contributed by atoms with E-state index in [1.807, 2.05) is 0 Å². The van der Waals surface area contributed by atoms with Crippen molar-refractivity contribution in [3.05, 3.63) is 41.3 Å². The van der Waals surface area contributed by atoms with Gasteiger partial charge in [0.1, 0.15) is 11.5 Å². The van der Waals surface area contributed by atoms with Crippen molar-refractivity contribution in [2.45, 2.75) is 26.1 Å². The van der Waals surface area contributed by atoms with Gasteiger partial charge in [0.15, 0.2) is 5.69 Å². The van der Waals surface area contributed by atoms with Crippen LogP contribution in [0.1, 0.15) is 24.4 Å². The minimum atomic E-state index is -4.72. The molecule has 0 aromatic carbocycles. The Morgan fingerprint density at radius 2 is 1.96 bits per heavy atom. The summed E-state index contributed by atoms with van der Waals surface area (Å²) >= 11 is 0. The zero-order chi connectivity index (χ0) is 17.6. The molecule has 2 rings (SSSR count). The van der Waals surface area contributed by atoms with Crippen LogP contribution in [0.25, 0.3) is 0 Å². The van der Waals surface area contributed by atoms with E-state index in [0.29, 0.717) is 0 Å². The number of hydrogen-bond donors (Lipinski definition) is 2. The number of alkyl halides is 3. The molecular formula is C14H13F3N2O4. The predicted octanol–water partition coefficient (Wildman–Crippen LogP) is 2.42. The van der Waals surface area contributed by atoms with Crippen molar-refractivity contribution < 1.29 is 33.0 Å². The molecule has 1 aliphatic carbocycles. The fourth-order valence-corrected chi connectivity index (χ4v) is 2.51. The van der Waals surface area contributed by atoms with E-state index in [1.54, 1.807) is 0 Å². The van der Waals surface area contributed by atoms with Gasteiger partial charge < -0.3 is 10.2 Å². The van der Waals surface area contributed by atoms with Gasteiger partial charge in [-0.05, 0) is 26.0 Å². The SMILES string of the molecule is Cc1cc(C(F)(F)F)nn1C1C(C(=O)O)=CC=CC1(C)C(=O)O. The van der Waals surface area contributed by atoms with Gasteiger partial charge in [0, 0.05) is 5.69 Å². The van der Waals surface area contributed by atoms with Crippen LogP contribution in [0.15, 0.2) is 29.9 Å². The molecule has 0 spiro atoms. The molecule has 124 valence electrons. The van der Waals surface area contributed by atoms with Crippen molar-refractivity contribution in [1.29, 1.82) is 0 Å². The number of aliphatic carboxylic acids is 2. The Bertz CT molecular complexity index is 733. The molecule has 1 aliphatic rings. The van der Waals surface area contributed by atoms with Crippen molar-refractivity contribution >= 4 is 11.9 Å². The largest absolute Gasteiger partial charge is 0.481 e. The lowest BCUT2D eigenvalue weighted by molar-refractivity contribution is -0.147. The molecule has 0 saturated heterocycles. The van der Waals surface area contributed by atoms with Gasteiger partial charge in [0.2, 0.25) is 0 Å². The number of carboxylic acid groups (broad SMARTS) is 2. The molecule has 2 N–H and O–H groups in total. The van der Waals surface area contributed by atoms with E-state index in [0.717, 1.165) is 16.8 Å². The van der Waals surface area contributed by atoms with Gasteiger partial charge in [-0.15, -0.1) is 0 Å². The lowest BCUT2D eigenvalue weighted by atomic mass is 9.75. The van der Waals surface area contributed by atoms with E-state index < -0.39 is 35.3 Å². The number of allylic oxidation sites excluding steroid dienone is 2. The summed E-state index contributed by atoms with van der Waals surface area (Å²) in [7, 11) is 0. The van der Waals surface area contributed by atoms with Crippen LogP contribution in [0.2, 0.25) is 0 Å². The van der Waals surface area contributed by atoms with Gasteiger partial charge in [-0.25, -0.2) is 4.79 Å². The van der Waals surface area contributed by atoms with Gasteiger partial charge >= 0.3 is 18.1 Å². The quantitative estimate of drug-likeness (QED) is 0.888. The van der Waals surface area contributed by atoms with Crippen LogP contribution in [-0.2, 0) is 15.8 Å². The molecule has 0 aliphatic heterocycles. The minimum absolute atomic E-state index is 0.0113. The fourth-order valence-electron chi connectivity index (χ4n) is 2.51. The number of nitrogens with zero attached hydrogens (tertiary/aromatic N) is 2. The van der Waals surface area contributed by atoms with Gasteiger partial charge in [-0.2, -0.15) is 18.3 Å². The Balaban J connectivity index is 2.67. The summed E-state index contributed by atoms with van der Waals surface area (Å²) in [5.41, 5.74) is -3.29. The number of aryl methyl sites for hydroxylation is 1. The molecule has 2 atom stereocenters. The standard InChI is InChI=1S/C14H13F3N2O4/c1-7-6-9(14(15,16)17)18-19(7)10-8(11(20)21)4-3-5-13(10,2)12(22)23/h3-6,10H,1-2H3,(H,20,21)(H,22,23). The number of rotatable bonds is 3. The third-order valence-electron chi connectivity index (χ3n) is 3.75. The maximum absolute atomic E-state index is 12.8. The summed E-state index contributed by atoms with van der Waals surface area (Å²) in [6.45, 7) is 2.54. The van der Waals surface area contributed by atoms with Crippen LogP contribution in [0.4, 0.5) is 13.2 Å². The first-order valence-corrected chi connectivity index (χ1v) is 6.48. The van der Waals surface area contributed by atoms with E-state index in [2.05, 4.69) is 5.10 Å². The number of carbonyl (C=O) groups is 2. The van der Waals surface area contributed by atoms with Gasteiger partial charge in [0.05, 0.1) is 5.57 Å². The van der Waals surface area contributed by atoms with E-state index in [4.69, 9.17) is 0 Å². The Kier molecular flexibility index (Phi) is 3.83. The van der Waals surface area contributed by atoms with Crippen molar-refractivity contribution in [3.8, 4) is 0 Å². The van der Waals surface area contributed by atoms with Crippen molar-refractivity contribution in [2.24, 2.45) is 5.41 Å². The second-order valence-corrected chi connectivity index (χ2v) is 5.39. The zero-order valence-corrected chi connectivity index (χ0v) is 12.1. The molecule has 0 bridgehead atoms.